The monoisotopic (exact) mass is 284 g/mol. The predicted molar refractivity (Wildman–Crippen MR) is 43.2 cm³/mol. The molecule has 12 heteroatoms. The number of hydrogen-bond donors (Lipinski definition) is 5. The SMILES string of the molecule is CC#N.N.O=C([O-])C(=O)O.O=P(O)(O)O.[K+]. The van der Waals surface area contributed by atoms with Crippen LogP contribution in [0.5, 0.6) is 0 Å². The molecule has 16 heavy (non-hydrogen) atoms. The van der Waals surface area contributed by atoms with E-state index in [4.69, 9.17) is 44.3 Å². The van der Waals surface area contributed by atoms with Gasteiger partial charge in [0.1, 0.15) is 0 Å². The van der Waals surface area contributed by atoms with E-state index < -0.39 is 19.8 Å². The number of hydrogen-bond acceptors (Lipinski definition) is 6. The van der Waals surface area contributed by atoms with Gasteiger partial charge in [-0.05, 0) is 0 Å². The van der Waals surface area contributed by atoms with Gasteiger partial charge in [-0.15, -0.1) is 0 Å². The largest absolute Gasteiger partial charge is 1.00 e. The Morgan fingerprint density at radius 1 is 1.31 bits per heavy atom. The number of aliphatic carboxylic acids is 2. The number of carboxylic acids is 2. The van der Waals surface area contributed by atoms with Gasteiger partial charge in [0.15, 0.2) is 5.97 Å². The molecule has 0 atom stereocenters. The van der Waals surface area contributed by atoms with E-state index in [1.165, 1.54) is 6.92 Å². The van der Waals surface area contributed by atoms with Crippen LogP contribution < -0.4 is 62.6 Å². The number of carboxylic acid groups (broad SMARTS) is 2. The minimum Gasteiger partial charge on any atom is -0.539 e. The number of phosphoric acid groups is 1. The maximum Gasteiger partial charge on any atom is 1.00 e. The molecule has 0 bridgehead atoms. The van der Waals surface area contributed by atoms with Gasteiger partial charge < -0.3 is 35.8 Å². The minimum atomic E-state index is -4.64. The Bertz CT molecular complexity index is 249. The summed E-state index contributed by atoms with van der Waals surface area (Å²) in [5, 5.41) is 23.6. The first-order chi connectivity index (χ1) is 6.06. The average molecular weight is 284 g/mol. The Hall–Kier alpha value is 0.136. The van der Waals surface area contributed by atoms with Gasteiger partial charge in [0.25, 0.3) is 0 Å². The summed E-state index contributed by atoms with van der Waals surface area (Å²) >= 11 is 0. The van der Waals surface area contributed by atoms with Crippen LogP contribution in [0.15, 0.2) is 0 Å². The fourth-order valence-electron chi connectivity index (χ4n) is 0. The van der Waals surface area contributed by atoms with Crippen molar-refractivity contribution in [2.24, 2.45) is 0 Å². The molecule has 0 heterocycles. The average Bonchev–Trinajstić information content (AvgIpc) is 1.84. The standard InChI is InChI=1S/C2H3N.C2H2O4.K.H3N.H3O4P/c1-2-3;3-1(4)2(5)6;;;1-5(2,3)4/h1H3;(H,3,4)(H,5,6);;1H3;(H3,1,2,3,4)/q;;+1;;/p-1. The molecule has 0 fully saturated rings. The first kappa shape index (κ1) is 29.8. The summed E-state index contributed by atoms with van der Waals surface area (Å²) in [5.41, 5.74) is 0. The van der Waals surface area contributed by atoms with Crippen molar-refractivity contribution in [2.45, 2.75) is 6.92 Å². The van der Waals surface area contributed by atoms with Crippen LogP contribution in [0.25, 0.3) is 0 Å². The molecule has 0 unspecified atom stereocenters. The zero-order valence-electron chi connectivity index (χ0n) is 8.52. The second-order valence-corrected chi connectivity index (χ2v) is 2.36. The molecule has 0 spiro atoms. The van der Waals surface area contributed by atoms with Crippen molar-refractivity contribution >= 4 is 19.8 Å². The molecule has 0 saturated carbocycles. The van der Waals surface area contributed by atoms with Gasteiger partial charge in [0.05, 0.1) is 6.07 Å². The second kappa shape index (κ2) is 17.5. The maximum absolute atomic E-state index is 9.04. The summed E-state index contributed by atoms with van der Waals surface area (Å²) in [6.07, 6.45) is 0. The van der Waals surface area contributed by atoms with Crippen molar-refractivity contribution in [3.63, 3.8) is 0 Å². The third kappa shape index (κ3) is 143. The Balaban J connectivity index is -0.0000000373. The van der Waals surface area contributed by atoms with E-state index in [1.54, 1.807) is 6.07 Å². The van der Waals surface area contributed by atoms with E-state index in [2.05, 4.69) is 0 Å². The van der Waals surface area contributed by atoms with E-state index in [9.17, 15) is 0 Å². The van der Waals surface area contributed by atoms with Crippen LogP contribution in [0.3, 0.4) is 0 Å². The van der Waals surface area contributed by atoms with Crippen molar-refractivity contribution in [3.8, 4) is 6.07 Å². The second-order valence-electron chi connectivity index (χ2n) is 1.33. The molecule has 0 aromatic carbocycles. The zero-order valence-corrected chi connectivity index (χ0v) is 12.5. The molecule has 0 aliphatic rings. The van der Waals surface area contributed by atoms with E-state index >= 15 is 0 Å². The van der Waals surface area contributed by atoms with E-state index in [0.29, 0.717) is 0 Å². The number of rotatable bonds is 0. The third-order valence-corrected chi connectivity index (χ3v) is 0.175. The number of carbonyl (C=O) groups is 2. The molecule has 0 aliphatic heterocycles. The van der Waals surface area contributed by atoms with E-state index in [1.807, 2.05) is 0 Å². The predicted octanol–water partition coefficient (Wildman–Crippen LogP) is -5.41. The Morgan fingerprint density at radius 2 is 1.38 bits per heavy atom. The quantitative estimate of drug-likeness (QED) is 0.161. The summed E-state index contributed by atoms with van der Waals surface area (Å²) in [5.74, 6) is -4.01. The fourth-order valence-corrected chi connectivity index (χ4v) is 0. The van der Waals surface area contributed by atoms with Crippen molar-refractivity contribution in [1.82, 2.24) is 6.15 Å². The van der Waals surface area contributed by atoms with Gasteiger partial charge in [-0.3, -0.25) is 0 Å². The molecule has 0 radical (unpaired) electrons. The zero-order chi connectivity index (χ0) is 12.4. The van der Waals surface area contributed by atoms with Gasteiger partial charge in [-0.2, -0.15) is 5.26 Å². The summed E-state index contributed by atoms with van der Waals surface area (Å²) in [7, 11) is -4.64. The molecular weight excluding hydrogens is 274 g/mol. The summed E-state index contributed by atoms with van der Waals surface area (Å²) < 4.78 is 8.88. The van der Waals surface area contributed by atoms with Gasteiger partial charge in [-0.1, -0.05) is 0 Å². The smallest absolute Gasteiger partial charge is 0.539 e. The van der Waals surface area contributed by atoms with E-state index in [0.717, 1.165) is 0 Å². The molecule has 0 aliphatic carbocycles. The Morgan fingerprint density at radius 3 is 1.38 bits per heavy atom. The first-order valence-corrected chi connectivity index (χ1v) is 4.16. The van der Waals surface area contributed by atoms with Crippen LogP contribution >= 0.6 is 7.82 Å². The van der Waals surface area contributed by atoms with Gasteiger partial charge in [-0.25, -0.2) is 9.36 Å². The van der Waals surface area contributed by atoms with Crippen LogP contribution in [0, 0.1) is 11.3 Å². The topological polar surface area (TPSA) is 214 Å². The van der Waals surface area contributed by atoms with Crippen LogP contribution in [0.2, 0.25) is 0 Å². The molecule has 90 valence electrons. The van der Waals surface area contributed by atoms with Gasteiger partial charge >= 0.3 is 65.2 Å². The van der Waals surface area contributed by atoms with Crippen molar-refractivity contribution in [1.29, 1.82) is 5.26 Å². The molecule has 0 aromatic rings. The van der Waals surface area contributed by atoms with Crippen LogP contribution in [-0.4, -0.2) is 31.7 Å². The molecule has 0 aromatic heterocycles. The van der Waals surface area contributed by atoms with Gasteiger partial charge in [0.2, 0.25) is 0 Å². The first-order valence-electron chi connectivity index (χ1n) is 2.59. The third-order valence-electron chi connectivity index (χ3n) is 0.175. The Kier molecular flexibility index (Phi) is 32.7. The maximum atomic E-state index is 9.04. The molecule has 10 nitrogen and oxygen atoms in total. The molecule has 0 saturated heterocycles. The fraction of sp³-hybridized carbons (Fsp3) is 0.250. The molecule has 7 N–H and O–H groups in total. The van der Waals surface area contributed by atoms with Crippen LogP contribution in [0.4, 0.5) is 0 Å². The normalized spacial score (nSPS) is 6.94. The number of carbonyl (C=O) groups excluding carboxylic acids is 1. The van der Waals surface area contributed by atoms with Crippen molar-refractivity contribution < 1.29 is 90.4 Å². The van der Waals surface area contributed by atoms with Crippen molar-refractivity contribution in [3.05, 3.63) is 0 Å². The summed E-state index contributed by atoms with van der Waals surface area (Å²) in [4.78, 5) is 39.6. The molecule has 0 rings (SSSR count). The number of nitrogens with zero attached hydrogens (tertiary/aromatic N) is 1. The van der Waals surface area contributed by atoms with Crippen LogP contribution in [-0.2, 0) is 14.2 Å². The van der Waals surface area contributed by atoms with Crippen molar-refractivity contribution in [2.75, 3.05) is 0 Å². The number of nitriles is 1. The molecular formula is C4H10KN2O8P. The van der Waals surface area contributed by atoms with Gasteiger partial charge in [0, 0.05) is 6.92 Å². The van der Waals surface area contributed by atoms with E-state index in [-0.39, 0.29) is 57.5 Å². The Labute approximate surface area is 133 Å². The summed E-state index contributed by atoms with van der Waals surface area (Å²) in [6.45, 7) is 1.43. The van der Waals surface area contributed by atoms with Crippen LogP contribution in [0.1, 0.15) is 6.92 Å². The summed E-state index contributed by atoms with van der Waals surface area (Å²) in [6, 6.07) is 1.75. The molecule has 0 amide bonds. The minimum absolute atomic E-state index is 0.